The van der Waals surface area contributed by atoms with Crippen molar-refractivity contribution in [3.8, 4) is 5.75 Å². The maximum Gasteiger partial charge on any atom is 0.255 e. The van der Waals surface area contributed by atoms with E-state index in [1.165, 1.54) is 6.26 Å². The molecule has 112 valence electrons. The zero-order chi connectivity index (χ0) is 15.1. The minimum absolute atomic E-state index is 0.217. The number of amides is 1. The van der Waals surface area contributed by atoms with Gasteiger partial charge in [-0.2, -0.15) is 0 Å². The summed E-state index contributed by atoms with van der Waals surface area (Å²) in [5.41, 5.74) is 0.492. The highest BCUT2D eigenvalue weighted by atomic mass is 16.5. The number of rotatable bonds is 7. The van der Waals surface area contributed by atoms with Gasteiger partial charge in [0.2, 0.25) is 0 Å². The molecule has 2 aromatic rings. The maximum absolute atomic E-state index is 12.1. The van der Waals surface area contributed by atoms with Gasteiger partial charge < -0.3 is 19.6 Å². The Morgan fingerprint density at radius 3 is 2.86 bits per heavy atom. The molecule has 0 unspecified atom stereocenters. The standard InChI is InChI=1S/C16H19NO4/c1-2-20-14-7-4-3-6-12(14)16(19)17-10-9-13(18)15-8-5-11-21-15/h3-8,11,13,18H,2,9-10H2,1H3,(H,17,19)/t13-/m1/s1. The quantitative estimate of drug-likeness (QED) is 0.821. The predicted octanol–water partition coefficient (Wildman–Crippen LogP) is 2.53. The molecule has 0 fully saturated rings. The summed E-state index contributed by atoms with van der Waals surface area (Å²) in [7, 11) is 0. The Kier molecular flexibility index (Phi) is 5.40. The summed E-state index contributed by atoms with van der Waals surface area (Å²) in [6, 6.07) is 10.5. The van der Waals surface area contributed by atoms with Crippen molar-refractivity contribution < 1.29 is 19.1 Å². The van der Waals surface area contributed by atoms with E-state index >= 15 is 0 Å². The van der Waals surface area contributed by atoms with Crippen molar-refractivity contribution in [2.45, 2.75) is 19.4 Å². The van der Waals surface area contributed by atoms with E-state index in [1.807, 2.05) is 13.0 Å². The molecule has 1 atom stereocenters. The number of aliphatic hydroxyl groups excluding tert-OH is 1. The van der Waals surface area contributed by atoms with Crippen molar-refractivity contribution in [1.82, 2.24) is 5.32 Å². The second-order valence-corrected chi connectivity index (χ2v) is 4.50. The summed E-state index contributed by atoms with van der Waals surface area (Å²) in [5.74, 6) is 0.841. The van der Waals surface area contributed by atoms with Crippen LogP contribution in [-0.4, -0.2) is 24.2 Å². The van der Waals surface area contributed by atoms with Crippen LogP contribution >= 0.6 is 0 Å². The molecule has 5 nitrogen and oxygen atoms in total. The molecule has 0 bridgehead atoms. The second kappa shape index (κ2) is 7.50. The van der Waals surface area contributed by atoms with Gasteiger partial charge in [0.1, 0.15) is 17.6 Å². The van der Waals surface area contributed by atoms with Gasteiger partial charge in [0.25, 0.3) is 5.91 Å². The zero-order valence-electron chi connectivity index (χ0n) is 11.9. The normalized spacial score (nSPS) is 11.9. The van der Waals surface area contributed by atoms with Crippen molar-refractivity contribution in [1.29, 1.82) is 0 Å². The van der Waals surface area contributed by atoms with E-state index in [0.717, 1.165) is 0 Å². The number of ether oxygens (including phenoxy) is 1. The molecular formula is C16H19NO4. The third kappa shape index (κ3) is 4.10. The van der Waals surface area contributed by atoms with E-state index in [-0.39, 0.29) is 5.91 Å². The van der Waals surface area contributed by atoms with Crippen LogP contribution in [0.2, 0.25) is 0 Å². The van der Waals surface area contributed by atoms with E-state index in [2.05, 4.69) is 5.32 Å². The first-order valence-electron chi connectivity index (χ1n) is 6.94. The molecule has 0 aliphatic rings. The molecule has 2 rings (SSSR count). The number of carbonyl (C=O) groups excluding carboxylic acids is 1. The van der Waals surface area contributed by atoms with E-state index in [9.17, 15) is 9.90 Å². The first kappa shape index (κ1) is 15.1. The average Bonchev–Trinajstić information content (AvgIpc) is 3.02. The number of nitrogens with one attached hydrogen (secondary N) is 1. The minimum Gasteiger partial charge on any atom is -0.493 e. The Hall–Kier alpha value is -2.27. The van der Waals surface area contributed by atoms with E-state index < -0.39 is 6.10 Å². The Morgan fingerprint density at radius 1 is 1.33 bits per heavy atom. The van der Waals surface area contributed by atoms with Crippen LogP contribution in [-0.2, 0) is 0 Å². The number of para-hydroxylation sites is 1. The van der Waals surface area contributed by atoms with Gasteiger partial charge in [0, 0.05) is 6.54 Å². The molecule has 0 aliphatic carbocycles. The predicted molar refractivity (Wildman–Crippen MR) is 78.2 cm³/mol. The smallest absolute Gasteiger partial charge is 0.255 e. The molecular weight excluding hydrogens is 270 g/mol. The molecule has 0 radical (unpaired) electrons. The van der Waals surface area contributed by atoms with Crippen LogP contribution in [0.1, 0.15) is 35.6 Å². The Balaban J connectivity index is 1.87. The summed E-state index contributed by atoms with van der Waals surface area (Å²) >= 11 is 0. The first-order valence-corrected chi connectivity index (χ1v) is 6.94. The average molecular weight is 289 g/mol. The van der Waals surface area contributed by atoms with Crippen LogP contribution in [0.3, 0.4) is 0 Å². The first-order chi connectivity index (χ1) is 10.2. The molecule has 0 spiro atoms. The number of benzene rings is 1. The van der Waals surface area contributed by atoms with Gasteiger partial charge in [0.05, 0.1) is 18.4 Å². The van der Waals surface area contributed by atoms with Gasteiger partial charge in [-0.1, -0.05) is 12.1 Å². The van der Waals surface area contributed by atoms with Crippen molar-refractivity contribution >= 4 is 5.91 Å². The lowest BCUT2D eigenvalue weighted by Crippen LogP contribution is -2.26. The summed E-state index contributed by atoms with van der Waals surface area (Å²) in [6.45, 7) is 2.72. The number of furan rings is 1. The largest absolute Gasteiger partial charge is 0.493 e. The summed E-state index contributed by atoms with van der Waals surface area (Å²) in [6.07, 6.45) is 1.17. The zero-order valence-corrected chi connectivity index (χ0v) is 11.9. The molecule has 0 aliphatic heterocycles. The molecule has 1 heterocycles. The highest BCUT2D eigenvalue weighted by molar-refractivity contribution is 5.96. The maximum atomic E-state index is 12.1. The van der Waals surface area contributed by atoms with Crippen molar-refractivity contribution in [3.05, 3.63) is 54.0 Å². The number of aliphatic hydroxyl groups is 1. The van der Waals surface area contributed by atoms with Gasteiger partial charge in [-0.25, -0.2) is 0 Å². The highest BCUT2D eigenvalue weighted by Gasteiger charge is 2.13. The van der Waals surface area contributed by atoms with Gasteiger partial charge >= 0.3 is 0 Å². The second-order valence-electron chi connectivity index (χ2n) is 4.50. The van der Waals surface area contributed by atoms with E-state index in [0.29, 0.717) is 36.6 Å². The number of carbonyl (C=O) groups is 1. The van der Waals surface area contributed by atoms with Gasteiger partial charge in [-0.3, -0.25) is 4.79 Å². The lowest BCUT2D eigenvalue weighted by atomic mass is 10.1. The monoisotopic (exact) mass is 289 g/mol. The minimum atomic E-state index is -0.720. The summed E-state index contributed by atoms with van der Waals surface area (Å²) < 4.78 is 10.5. The molecule has 0 saturated carbocycles. The van der Waals surface area contributed by atoms with Crippen molar-refractivity contribution in [2.75, 3.05) is 13.2 Å². The fourth-order valence-electron chi connectivity index (χ4n) is 1.98. The Labute approximate surface area is 123 Å². The van der Waals surface area contributed by atoms with Gasteiger partial charge in [-0.05, 0) is 37.6 Å². The topological polar surface area (TPSA) is 71.7 Å². The number of hydrogen-bond acceptors (Lipinski definition) is 4. The fourth-order valence-corrected chi connectivity index (χ4v) is 1.98. The molecule has 2 N–H and O–H groups in total. The van der Waals surface area contributed by atoms with Crippen LogP contribution in [0.5, 0.6) is 5.75 Å². The SMILES string of the molecule is CCOc1ccccc1C(=O)NCC[C@@H](O)c1ccco1. The van der Waals surface area contributed by atoms with Crippen molar-refractivity contribution in [3.63, 3.8) is 0 Å². The van der Waals surface area contributed by atoms with E-state index in [4.69, 9.17) is 9.15 Å². The molecule has 5 heteroatoms. The Bertz CT molecular complexity index is 565. The fraction of sp³-hybridized carbons (Fsp3) is 0.312. The lowest BCUT2D eigenvalue weighted by molar-refractivity contribution is 0.0932. The van der Waals surface area contributed by atoms with Gasteiger partial charge in [-0.15, -0.1) is 0 Å². The van der Waals surface area contributed by atoms with Crippen LogP contribution in [0.15, 0.2) is 47.1 Å². The lowest BCUT2D eigenvalue weighted by Gasteiger charge is -2.11. The van der Waals surface area contributed by atoms with Crippen LogP contribution < -0.4 is 10.1 Å². The summed E-state index contributed by atoms with van der Waals surface area (Å²) in [5, 5.41) is 12.6. The Morgan fingerprint density at radius 2 is 2.14 bits per heavy atom. The molecule has 1 aromatic heterocycles. The molecule has 21 heavy (non-hydrogen) atoms. The molecule has 1 aromatic carbocycles. The third-order valence-corrected chi connectivity index (χ3v) is 3.01. The van der Waals surface area contributed by atoms with Crippen LogP contribution in [0.25, 0.3) is 0 Å². The number of hydrogen-bond donors (Lipinski definition) is 2. The molecule has 1 amide bonds. The van der Waals surface area contributed by atoms with Crippen LogP contribution in [0, 0.1) is 0 Å². The third-order valence-electron chi connectivity index (χ3n) is 3.01. The van der Waals surface area contributed by atoms with E-state index in [1.54, 1.807) is 30.3 Å². The van der Waals surface area contributed by atoms with Crippen molar-refractivity contribution in [2.24, 2.45) is 0 Å². The summed E-state index contributed by atoms with van der Waals surface area (Å²) in [4.78, 5) is 12.1. The highest BCUT2D eigenvalue weighted by Crippen LogP contribution is 2.18. The van der Waals surface area contributed by atoms with Crippen LogP contribution in [0.4, 0.5) is 0 Å². The van der Waals surface area contributed by atoms with Gasteiger partial charge in [0.15, 0.2) is 0 Å². The molecule has 0 saturated heterocycles.